The van der Waals surface area contributed by atoms with Crippen LogP contribution in [0.3, 0.4) is 0 Å². The highest BCUT2D eigenvalue weighted by Crippen LogP contribution is 2.28. The molecule has 0 bridgehead atoms. The van der Waals surface area contributed by atoms with Crippen LogP contribution in [0.5, 0.6) is 0 Å². The van der Waals surface area contributed by atoms with Crippen molar-refractivity contribution in [2.75, 3.05) is 4.72 Å². The maximum absolute atomic E-state index is 12.3. The van der Waals surface area contributed by atoms with Crippen molar-refractivity contribution in [3.8, 4) is 0 Å². The molecule has 2 aromatic carbocycles. The predicted molar refractivity (Wildman–Crippen MR) is 92.3 cm³/mol. The van der Waals surface area contributed by atoms with E-state index in [0.717, 1.165) is 0 Å². The zero-order valence-corrected chi connectivity index (χ0v) is 14.5. The molecular formula is C13H10BrClN2O2S2. The fraction of sp³-hybridized carbons (Fsp3) is 0. The second-order valence-electron chi connectivity index (χ2n) is 4.09. The number of anilines is 1. The number of thiocarbonyl (C=S) groups is 1. The van der Waals surface area contributed by atoms with Gasteiger partial charge in [-0.2, -0.15) is 0 Å². The quantitative estimate of drug-likeness (QED) is 0.763. The van der Waals surface area contributed by atoms with Gasteiger partial charge in [0.1, 0.15) is 9.88 Å². The molecule has 0 fully saturated rings. The van der Waals surface area contributed by atoms with Crippen LogP contribution in [0.2, 0.25) is 5.02 Å². The Hall–Kier alpha value is -1.15. The molecule has 0 aliphatic heterocycles. The van der Waals surface area contributed by atoms with Crippen LogP contribution in [0.4, 0.5) is 5.69 Å². The van der Waals surface area contributed by atoms with Crippen LogP contribution in [0.25, 0.3) is 0 Å². The second kappa shape index (κ2) is 6.31. The van der Waals surface area contributed by atoms with Gasteiger partial charge in [-0.05, 0) is 46.3 Å². The molecular weight excluding hydrogens is 396 g/mol. The molecule has 21 heavy (non-hydrogen) atoms. The highest BCUT2D eigenvalue weighted by molar-refractivity contribution is 9.10. The predicted octanol–water partition coefficient (Wildman–Crippen LogP) is 3.54. The van der Waals surface area contributed by atoms with E-state index in [1.165, 1.54) is 12.1 Å². The van der Waals surface area contributed by atoms with Gasteiger partial charge in [0.25, 0.3) is 10.0 Å². The zero-order valence-electron chi connectivity index (χ0n) is 10.5. The molecule has 8 heteroatoms. The fourth-order valence-electron chi connectivity index (χ4n) is 1.61. The van der Waals surface area contributed by atoms with Gasteiger partial charge in [-0.1, -0.05) is 36.0 Å². The van der Waals surface area contributed by atoms with Crippen LogP contribution in [-0.2, 0) is 10.0 Å². The number of rotatable bonds is 4. The highest BCUT2D eigenvalue weighted by atomic mass is 79.9. The first-order chi connectivity index (χ1) is 9.81. The summed E-state index contributed by atoms with van der Waals surface area (Å²) >= 11 is 14.1. The maximum Gasteiger partial charge on any atom is 0.263 e. The van der Waals surface area contributed by atoms with Crippen LogP contribution in [-0.4, -0.2) is 13.4 Å². The third kappa shape index (κ3) is 3.74. The lowest BCUT2D eigenvalue weighted by Crippen LogP contribution is -2.14. The minimum Gasteiger partial charge on any atom is -0.389 e. The summed E-state index contributed by atoms with van der Waals surface area (Å²) in [6, 6.07) is 11.1. The van der Waals surface area contributed by atoms with Crippen LogP contribution < -0.4 is 10.5 Å². The molecule has 0 saturated heterocycles. The van der Waals surface area contributed by atoms with Crippen molar-refractivity contribution in [1.29, 1.82) is 0 Å². The molecule has 0 aliphatic rings. The Labute approximate surface area is 141 Å². The van der Waals surface area contributed by atoms with Crippen LogP contribution in [0.15, 0.2) is 51.8 Å². The lowest BCUT2D eigenvalue weighted by molar-refractivity contribution is 0.601. The fourth-order valence-corrected chi connectivity index (χ4v) is 3.95. The Balaban J connectivity index is 2.38. The zero-order chi connectivity index (χ0) is 15.6. The molecule has 2 aromatic rings. The van der Waals surface area contributed by atoms with Crippen molar-refractivity contribution < 1.29 is 8.42 Å². The molecule has 0 radical (unpaired) electrons. The summed E-state index contributed by atoms with van der Waals surface area (Å²) in [5.74, 6) is 0. The average Bonchev–Trinajstić information content (AvgIpc) is 2.41. The number of sulfonamides is 1. The Kier molecular flexibility index (Phi) is 4.88. The SMILES string of the molecule is NC(=S)c1ccc(NS(=O)(=O)c2ccccc2Cl)c(Br)c1. The van der Waals surface area contributed by atoms with Gasteiger partial charge in [-0.25, -0.2) is 8.42 Å². The maximum atomic E-state index is 12.3. The molecule has 0 aliphatic carbocycles. The number of nitrogens with two attached hydrogens (primary N) is 1. The number of hydrogen-bond acceptors (Lipinski definition) is 3. The van der Waals surface area contributed by atoms with Crippen molar-refractivity contribution in [2.45, 2.75) is 4.90 Å². The van der Waals surface area contributed by atoms with Crippen molar-refractivity contribution >= 4 is 60.4 Å². The summed E-state index contributed by atoms with van der Waals surface area (Å²) in [7, 11) is -3.78. The van der Waals surface area contributed by atoms with E-state index >= 15 is 0 Å². The molecule has 0 amide bonds. The molecule has 0 saturated carbocycles. The summed E-state index contributed by atoms with van der Waals surface area (Å²) in [5, 5.41) is 0.154. The summed E-state index contributed by atoms with van der Waals surface area (Å²) in [4.78, 5) is 0.244. The highest BCUT2D eigenvalue weighted by Gasteiger charge is 2.18. The molecule has 2 rings (SSSR count). The van der Waals surface area contributed by atoms with Gasteiger partial charge in [0.05, 0.1) is 10.7 Å². The monoisotopic (exact) mass is 404 g/mol. The van der Waals surface area contributed by atoms with E-state index in [9.17, 15) is 8.42 Å². The summed E-state index contributed by atoms with van der Waals surface area (Å²) < 4.78 is 27.7. The first-order valence-corrected chi connectivity index (χ1v) is 8.74. The van der Waals surface area contributed by atoms with E-state index < -0.39 is 10.0 Å². The van der Waals surface area contributed by atoms with E-state index in [-0.39, 0.29) is 14.9 Å². The van der Waals surface area contributed by atoms with E-state index in [2.05, 4.69) is 20.7 Å². The van der Waals surface area contributed by atoms with Crippen molar-refractivity contribution in [3.63, 3.8) is 0 Å². The molecule has 0 aromatic heterocycles. The van der Waals surface area contributed by atoms with Crippen molar-refractivity contribution in [3.05, 3.63) is 57.5 Å². The summed E-state index contributed by atoms with van der Waals surface area (Å²) in [6.45, 7) is 0. The van der Waals surface area contributed by atoms with E-state index in [0.29, 0.717) is 15.7 Å². The lowest BCUT2D eigenvalue weighted by Gasteiger charge is -2.11. The standard InChI is InChI=1S/C13H10BrClN2O2S2/c14-9-7-8(13(16)20)5-6-11(9)17-21(18,19)12-4-2-1-3-10(12)15/h1-7,17H,(H2,16,20). The average molecular weight is 406 g/mol. The van der Waals surface area contributed by atoms with Crippen molar-refractivity contribution in [2.24, 2.45) is 5.73 Å². The molecule has 4 nitrogen and oxygen atoms in total. The molecule has 0 heterocycles. The Morgan fingerprint density at radius 2 is 1.90 bits per heavy atom. The number of benzene rings is 2. The normalized spacial score (nSPS) is 11.1. The summed E-state index contributed by atoms with van der Waals surface area (Å²) in [6.07, 6.45) is 0. The largest absolute Gasteiger partial charge is 0.389 e. The number of nitrogens with one attached hydrogen (secondary N) is 1. The molecule has 0 spiro atoms. The first kappa shape index (κ1) is 16.2. The van der Waals surface area contributed by atoms with E-state index in [1.807, 2.05) is 0 Å². The second-order valence-corrected chi connectivity index (χ2v) is 7.45. The van der Waals surface area contributed by atoms with Gasteiger partial charge in [-0.3, -0.25) is 4.72 Å². The third-order valence-corrected chi connectivity index (χ3v) is 5.38. The number of hydrogen-bond donors (Lipinski definition) is 2. The van der Waals surface area contributed by atoms with E-state index in [4.69, 9.17) is 29.6 Å². The van der Waals surface area contributed by atoms with Gasteiger partial charge in [0.2, 0.25) is 0 Å². The van der Waals surface area contributed by atoms with Crippen LogP contribution in [0, 0.1) is 0 Å². The summed E-state index contributed by atoms with van der Waals surface area (Å²) in [5.41, 5.74) is 6.53. The number of halogens is 2. The van der Waals surface area contributed by atoms with Crippen molar-refractivity contribution in [1.82, 2.24) is 0 Å². The van der Waals surface area contributed by atoms with Crippen LogP contribution in [0.1, 0.15) is 5.56 Å². The lowest BCUT2D eigenvalue weighted by atomic mass is 10.2. The van der Waals surface area contributed by atoms with E-state index in [1.54, 1.807) is 30.3 Å². The van der Waals surface area contributed by atoms with Gasteiger partial charge >= 0.3 is 0 Å². The smallest absolute Gasteiger partial charge is 0.263 e. The first-order valence-electron chi connectivity index (χ1n) is 5.68. The van der Waals surface area contributed by atoms with Gasteiger partial charge in [0.15, 0.2) is 0 Å². The minimum absolute atomic E-state index is 0.0111. The topological polar surface area (TPSA) is 72.2 Å². The Bertz CT molecular complexity index is 810. The van der Waals surface area contributed by atoms with Gasteiger partial charge in [-0.15, -0.1) is 0 Å². The molecule has 3 N–H and O–H groups in total. The molecule has 110 valence electrons. The molecule has 0 unspecified atom stereocenters. The van der Waals surface area contributed by atoms with Gasteiger partial charge < -0.3 is 5.73 Å². The Morgan fingerprint density at radius 3 is 2.48 bits per heavy atom. The van der Waals surface area contributed by atoms with Crippen LogP contribution >= 0.6 is 39.7 Å². The van der Waals surface area contributed by atoms with Gasteiger partial charge in [0, 0.05) is 10.0 Å². The minimum atomic E-state index is -3.78. The Morgan fingerprint density at radius 1 is 1.24 bits per heavy atom. The molecule has 0 atom stereocenters. The third-order valence-electron chi connectivity index (χ3n) is 2.62.